The summed E-state index contributed by atoms with van der Waals surface area (Å²) >= 11 is 6.07. The highest BCUT2D eigenvalue weighted by Gasteiger charge is 2.10. The van der Waals surface area contributed by atoms with Crippen molar-refractivity contribution in [3.05, 3.63) is 40.9 Å². The normalized spacial score (nSPS) is 10.6. The van der Waals surface area contributed by atoms with E-state index >= 15 is 0 Å². The number of nitrogens with zero attached hydrogens (tertiary/aromatic N) is 2. The van der Waals surface area contributed by atoms with Gasteiger partial charge in [0.25, 0.3) is 0 Å². The van der Waals surface area contributed by atoms with Gasteiger partial charge in [-0.15, -0.1) is 0 Å². The van der Waals surface area contributed by atoms with Crippen LogP contribution in [0, 0.1) is 5.82 Å². The molecule has 20 heavy (non-hydrogen) atoms. The van der Waals surface area contributed by atoms with E-state index in [2.05, 4.69) is 15.3 Å². The molecule has 0 unspecified atom stereocenters. The molecule has 0 aliphatic heterocycles. The molecule has 1 aromatic heterocycles. The van der Waals surface area contributed by atoms with E-state index < -0.39 is 0 Å². The molecule has 0 atom stereocenters. The molecule has 106 valence electrons. The lowest BCUT2D eigenvalue weighted by Gasteiger charge is -2.10. The van der Waals surface area contributed by atoms with Gasteiger partial charge in [-0.2, -0.15) is 0 Å². The Morgan fingerprint density at radius 3 is 2.75 bits per heavy atom. The molecule has 2 aromatic rings. The summed E-state index contributed by atoms with van der Waals surface area (Å²) in [7, 11) is 1.58. The quantitative estimate of drug-likeness (QED) is 0.917. The summed E-state index contributed by atoms with van der Waals surface area (Å²) in [6.45, 7) is 3.01. The molecule has 0 radical (unpaired) electrons. The van der Waals surface area contributed by atoms with Gasteiger partial charge < -0.3 is 10.1 Å². The van der Waals surface area contributed by atoms with Crippen LogP contribution in [0.4, 0.5) is 10.2 Å². The molecule has 0 spiro atoms. The first-order chi connectivity index (χ1) is 9.63. The number of benzene rings is 1. The first-order valence-electron chi connectivity index (χ1n) is 6.20. The number of halogens is 2. The molecule has 6 heteroatoms. The van der Waals surface area contributed by atoms with Crippen molar-refractivity contribution in [2.45, 2.75) is 13.5 Å². The molecule has 0 fully saturated rings. The Balaban J connectivity index is 2.48. The van der Waals surface area contributed by atoms with Crippen molar-refractivity contribution in [2.24, 2.45) is 0 Å². The molecule has 0 saturated heterocycles. The van der Waals surface area contributed by atoms with E-state index in [1.165, 1.54) is 12.1 Å². The maximum Gasteiger partial charge on any atom is 0.157 e. The van der Waals surface area contributed by atoms with E-state index in [1.54, 1.807) is 19.2 Å². The lowest BCUT2D eigenvalue weighted by molar-refractivity contribution is 0.178. The van der Waals surface area contributed by atoms with Gasteiger partial charge in [-0.05, 0) is 25.1 Å². The monoisotopic (exact) mass is 295 g/mol. The molecular formula is C14H15ClFN3O. The van der Waals surface area contributed by atoms with Crippen molar-refractivity contribution in [1.29, 1.82) is 0 Å². The van der Waals surface area contributed by atoms with Crippen molar-refractivity contribution in [2.75, 3.05) is 19.0 Å². The number of rotatable bonds is 5. The number of aromatic nitrogens is 2. The summed E-state index contributed by atoms with van der Waals surface area (Å²) in [5.41, 5.74) is 1.29. The Bertz CT molecular complexity index is 583. The van der Waals surface area contributed by atoms with Crippen molar-refractivity contribution in [3.63, 3.8) is 0 Å². The molecule has 4 nitrogen and oxygen atoms in total. The minimum Gasteiger partial charge on any atom is -0.377 e. The Labute approximate surface area is 122 Å². The molecular weight excluding hydrogens is 281 g/mol. The largest absolute Gasteiger partial charge is 0.377 e. The van der Waals surface area contributed by atoms with Crippen LogP contribution in [0.3, 0.4) is 0 Å². The minimum absolute atomic E-state index is 0.297. The van der Waals surface area contributed by atoms with Gasteiger partial charge in [-0.25, -0.2) is 14.4 Å². The van der Waals surface area contributed by atoms with Crippen LogP contribution < -0.4 is 5.32 Å². The minimum atomic E-state index is -0.378. The molecule has 0 saturated carbocycles. The summed E-state index contributed by atoms with van der Waals surface area (Å²) in [5.74, 6) is 0.850. The van der Waals surface area contributed by atoms with E-state index in [-0.39, 0.29) is 5.82 Å². The van der Waals surface area contributed by atoms with Crippen LogP contribution >= 0.6 is 11.6 Å². The van der Waals surface area contributed by atoms with E-state index in [0.717, 1.165) is 6.54 Å². The second kappa shape index (κ2) is 6.63. The maximum absolute atomic E-state index is 13.1. The predicted molar refractivity (Wildman–Crippen MR) is 77.3 cm³/mol. The van der Waals surface area contributed by atoms with Gasteiger partial charge in [-0.3, -0.25) is 0 Å². The highest BCUT2D eigenvalue weighted by Crippen LogP contribution is 2.28. The summed E-state index contributed by atoms with van der Waals surface area (Å²) in [5, 5.41) is 3.44. The van der Waals surface area contributed by atoms with Gasteiger partial charge in [0.1, 0.15) is 18.2 Å². The SMILES string of the molecule is CCNc1cc(-c2ccc(F)cc2Cl)nc(COC)n1. The standard InChI is InChI=1S/C14H15ClFN3O/c1-3-17-13-7-12(18-14(19-13)8-20-2)10-5-4-9(16)6-11(10)15/h4-7H,3,8H2,1-2H3,(H,17,18,19). The zero-order valence-corrected chi connectivity index (χ0v) is 12.0. The molecule has 0 bridgehead atoms. The average molecular weight is 296 g/mol. The summed E-state index contributed by atoms with van der Waals surface area (Å²) in [6, 6.07) is 6.00. The van der Waals surface area contributed by atoms with Crippen molar-refractivity contribution in [1.82, 2.24) is 9.97 Å². The molecule has 0 aliphatic carbocycles. The van der Waals surface area contributed by atoms with Crippen molar-refractivity contribution < 1.29 is 9.13 Å². The predicted octanol–water partition coefficient (Wildman–Crippen LogP) is 3.51. The first-order valence-corrected chi connectivity index (χ1v) is 6.58. The van der Waals surface area contributed by atoms with Gasteiger partial charge in [0.15, 0.2) is 5.82 Å². The van der Waals surface area contributed by atoms with Crippen LogP contribution in [0.15, 0.2) is 24.3 Å². The van der Waals surface area contributed by atoms with Crippen LogP contribution in [0.2, 0.25) is 5.02 Å². The first kappa shape index (κ1) is 14.7. The van der Waals surface area contributed by atoms with Crippen LogP contribution in [-0.2, 0) is 11.3 Å². The number of nitrogens with one attached hydrogen (secondary N) is 1. The van der Waals surface area contributed by atoms with Crippen molar-refractivity contribution >= 4 is 17.4 Å². The maximum atomic E-state index is 13.1. The Morgan fingerprint density at radius 2 is 2.10 bits per heavy atom. The topological polar surface area (TPSA) is 47.0 Å². The highest BCUT2D eigenvalue weighted by atomic mass is 35.5. The zero-order chi connectivity index (χ0) is 14.5. The fourth-order valence-corrected chi connectivity index (χ4v) is 2.06. The third kappa shape index (κ3) is 3.43. The highest BCUT2D eigenvalue weighted by molar-refractivity contribution is 6.33. The Kier molecular flexibility index (Phi) is 4.87. The summed E-state index contributed by atoms with van der Waals surface area (Å²) in [6.07, 6.45) is 0. The average Bonchev–Trinajstić information content (AvgIpc) is 2.39. The number of anilines is 1. The third-order valence-corrected chi connectivity index (χ3v) is 2.92. The number of hydrogen-bond acceptors (Lipinski definition) is 4. The van der Waals surface area contributed by atoms with Crippen LogP contribution in [-0.4, -0.2) is 23.6 Å². The molecule has 1 aromatic carbocycles. The molecule has 2 rings (SSSR count). The number of ether oxygens (including phenoxy) is 1. The van der Waals surface area contributed by atoms with Gasteiger partial charge in [0.2, 0.25) is 0 Å². The fraction of sp³-hybridized carbons (Fsp3) is 0.286. The van der Waals surface area contributed by atoms with E-state index in [9.17, 15) is 4.39 Å². The molecule has 1 N–H and O–H groups in total. The Hall–Kier alpha value is -1.72. The third-order valence-electron chi connectivity index (χ3n) is 2.61. The Morgan fingerprint density at radius 1 is 1.30 bits per heavy atom. The second-order valence-corrected chi connectivity index (χ2v) is 4.55. The smallest absolute Gasteiger partial charge is 0.157 e. The molecule has 0 amide bonds. The molecule has 0 aliphatic rings. The molecule has 1 heterocycles. The van der Waals surface area contributed by atoms with Crippen molar-refractivity contribution in [3.8, 4) is 11.3 Å². The van der Waals surface area contributed by atoms with Crippen LogP contribution in [0.25, 0.3) is 11.3 Å². The van der Waals surface area contributed by atoms with E-state index in [4.69, 9.17) is 16.3 Å². The summed E-state index contributed by atoms with van der Waals surface area (Å²) < 4.78 is 18.2. The lowest BCUT2D eigenvalue weighted by atomic mass is 10.1. The second-order valence-electron chi connectivity index (χ2n) is 4.14. The van der Waals surface area contributed by atoms with Crippen LogP contribution in [0.5, 0.6) is 0 Å². The number of hydrogen-bond donors (Lipinski definition) is 1. The van der Waals surface area contributed by atoms with Gasteiger partial charge in [0.05, 0.1) is 10.7 Å². The van der Waals surface area contributed by atoms with E-state index in [1.807, 2.05) is 6.92 Å². The fourth-order valence-electron chi connectivity index (χ4n) is 1.80. The number of methoxy groups -OCH3 is 1. The van der Waals surface area contributed by atoms with Gasteiger partial charge in [-0.1, -0.05) is 11.6 Å². The van der Waals surface area contributed by atoms with Gasteiger partial charge in [0, 0.05) is 25.3 Å². The lowest BCUT2D eigenvalue weighted by Crippen LogP contribution is -2.05. The summed E-state index contributed by atoms with van der Waals surface area (Å²) in [4.78, 5) is 8.70. The van der Waals surface area contributed by atoms with Crippen LogP contribution in [0.1, 0.15) is 12.7 Å². The van der Waals surface area contributed by atoms with E-state index in [0.29, 0.717) is 34.5 Å². The van der Waals surface area contributed by atoms with Gasteiger partial charge >= 0.3 is 0 Å². The zero-order valence-electron chi connectivity index (χ0n) is 11.3.